The number of hydrogen-bond acceptors (Lipinski definition) is 5. The zero-order chi connectivity index (χ0) is 19.3. The van der Waals surface area contributed by atoms with Crippen LogP contribution >= 0.6 is 0 Å². The number of rotatable bonds is 6. The topological polar surface area (TPSA) is 75.7 Å². The lowest BCUT2D eigenvalue weighted by Gasteiger charge is -2.09. The zero-order valence-corrected chi connectivity index (χ0v) is 15.4. The molecule has 6 heteroatoms. The van der Waals surface area contributed by atoms with Crippen molar-refractivity contribution in [3.63, 3.8) is 0 Å². The van der Waals surface area contributed by atoms with E-state index in [0.29, 0.717) is 12.4 Å². The Hall–Kier alpha value is -3.85. The molecular formula is C22H19N5O. The molecule has 138 valence electrons. The first-order valence-electron chi connectivity index (χ1n) is 8.86. The van der Waals surface area contributed by atoms with Gasteiger partial charge in [0.1, 0.15) is 11.5 Å². The Balaban J connectivity index is 1.48. The van der Waals surface area contributed by atoms with E-state index in [2.05, 4.69) is 37.2 Å². The van der Waals surface area contributed by atoms with Gasteiger partial charge in [-0.3, -0.25) is 0 Å². The Morgan fingerprint density at radius 2 is 2.04 bits per heavy atom. The average Bonchev–Trinajstić information content (AvgIpc) is 3.16. The number of aromatic nitrogens is 4. The summed E-state index contributed by atoms with van der Waals surface area (Å²) in [5.41, 5.74) is 4.83. The average molecular weight is 369 g/mol. The van der Waals surface area contributed by atoms with Gasteiger partial charge in [0.2, 0.25) is 5.88 Å². The molecule has 0 aliphatic rings. The standard InChI is InChI=1S/C22H19N5O/c1-3-16-8-10-23-21-20(16)18(14-27-21)11-15-6-7-19(25-12-15)26-13-17-5-4-9-24-22(17)28-2/h1,4-10,12,14H,11,13H2,2H3,(H,23,27)(H,25,26). The molecule has 4 aromatic heterocycles. The van der Waals surface area contributed by atoms with Crippen molar-refractivity contribution < 1.29 is 4.74 Å². The van der Waals surface area contributed by atoms with Crippen LogP contribution in [-0.2, 0) is 13.0 Å². The van der Waals surface area contributed by atoms with Crippen LogP contribution in [0.15, 0.2) is 55.1 Å². The van der Waals surface area contributed by atoms with Crippen molar-refractivity contribution in [2.75, 3.05) is 12.4 Å². The van der Waals surface area contributed by atoms with Gasteiger partial charge in [0, 0.05) is 54.3 Å². The molecule has 0 saturated carbocycles. The highest BCUT2D eigenvalue weighted by molar-refractivity contribution is 5.86. The summed E-state index contributed by atoms with van der Waals surface area (Å²) in [5.74, 6) is 4.14. The summed E-state index contributed by atoms with van der Waals surface area (Å²) < 4.78 is 5.27. The van der Waals surface area contributed by atoms with Crippen molar-refractivity contribution in [2.24, 2.45) is 0 Å². The number of ether oxygens (including phenoxy) is 1. The van der Waals surface area contributed by atoms with Crippen molar-refractivity contribution in [1.82, 2.24) is 19.9 Å². The number of terminal acetylenes is 1. The van der Waals surface area contributed by atoms with Gasteiger partial charge in [-0.25, -0.2) is 15.0 Å². The van der Waals surface area contributed by atoms with E-state index in [9.17, 15) is 0 Å². The van der Waals surface area contributed by atoms with E-state index in [0.717, 1.165) is 45.5 Å². The number of nitrogens with zero attached hydrogens (tertiary/aromatic N) is 3. The molecule has 0 fully saturated rings. The van der Waals surface area contributed by atoms with Crippen LogP contribution in [0.2, 0.25) is 0 Å². The fraction of sp³-hybridized carbons (Fsp3) is 0.136. The molecule has 0 saturated heterocycles. The van der Waals surface area contributed by atoms with Crippen molar-refractivity contribution in [2.45, 2.75) is 13.0 Å². The van der Waals surface area contributed by atoms with E-state index in [1.807, 2.05) is 36.7 Å². The Morgan fingerprint density at radius 3 is 2.82 bits per heavy atom. The van der Waals surface area contributed by atoms with Crippen molar-refractivity contribution in [3.8, 4) is 18.2 Å². The minimum atomic E-state index is 0.586. The van der Waals surface area contributed by atoms with Crippen LogP contribution in [0.3, 0.4) is 0 Å². The molecule has 0 bridgehead atoms. The van der Waals surface area contributed by atoms with Gasteiger partial charge in [-0.15, -0.1) is 6.42 Å². The number of H-pyrrole nitrogens is 1. The van der Waals surface area contributed by atoms with Gasteiger partial charge in [-0.05, 0) is 29.3 Å². The molecule has 0 aromatic carbocycles. The summed E-state index contributed by atoms with van der Waals surface area (Å²) in [6.45, 7) is 0.586. The molecular weight excluding hydrogens is 350 g/mol. The smallest absolute Gasteiger partial charge is 0.218 e. The number of pyridine rings is 3. The summed E-state index contributed by atoms with van der Waals surface area (Å²) >= 11 is 0. The predicted molar refractivity (Wildman–Crippen MR) is 109 cm³/mol. The molecule has 0 aliphatic carbocycles. The van der Waals surface area contributed by atoms with Crippen molar-refractivity contribution >= 4 is 16.9 Å². The summed E-state index contributed by atoms with van der Waals surface area (Å²) in [7, 11) is 1.62. The molecule has 0 radical (unpaired) electrons. The molecule has 2 N–H and O–H groups in total. The summed E-state index contributed by atoms with van der Waals surface area (Å²) in [6.07, 6.45) is 13.6. The van der Waals surface area contributed by atoms with E-state index in [-0.39, 0.29) is 0 Å². The molecule has 6 nitrogen and oxygen atoms in total. The van der Waals surface area contributed by atoms with Crippen LogP contribution < -0.4 is 10.1 Å². The maximum absolute atomic E-state index is 5.63. The molecule has 4 rings (SSSR count). The fourth-order valence-electron chi connectivity index (χ4n) is 3.17. The summed E-state index contributed by atoms with van der Waals surface area (Å²) in [6, 6.07) is 9.74. The Kier molecular flexibility index (Phi) is 4.89. The quantitative estimate of drug-likeness (QED) is 0.509. The van der Waals surface area contributed by atoms with Crippen LogP contribution in [-0.4, -0.2) is 27.0 Å². The van der Waals surface area contributed by atoms with Gasteiger partial charge in [0.05, 0.1) is 7.11 Å². The second-order valence-corrected chi connectivity index (χ2v) is 6.29. The van der Waals surface area contributed by atoms with Crippen LogP contribution in [0.4, 0.5) is 5.82 Å². The molecule has 0 amide bonds. The van der Waals surface area contributed by atoms with E-state index >= 15 is 0 Å². The first kappa shape index (κ1) is 17.6. The minimum absolute atomic E-state index is 0.586. The highest BCUT2D eigenvalue weighted by atomic mass is 16.5. The molecule has 0 spiro atoms. The second-order valence-electron chi connectivity index (χ2n) is 6.29. The number of anilines is 1. The van der Waals surface area contributed by atoms with E-state index in [1.165, 1.54) is 0 Å². The molecule has 0 atom stereocenters. The Bertz CT molecular complexity index is 1140. The number of aromatic amines is 1. The van der Waals surface area contributed by atoms with Gasteiger partial charge in [0.15, 0.2) is 0 Å². The number of nitrogens with one attached hydrogen (secondary N) is 2. The number of hydrogen-bond donors (Lipinski definition) is 2. The monoisotopic (exact) mass is 369 g/mol. The Morgan fingerprint density at radius 1 is 1.11 bits per heavy atom. The lowest BCUT2D eigenvalue weighted by molar-refractivity contribution is 0.393. The summed E-state index contributed by atoms with van der Waals surface area (Å²) in [5, 5.41) is 4.29. The maximum atomic E-state index is 5.63. The SMILES string of the molecule is C#Cc1ccnc2[nH]cc(Cc3ccc(NCc4cccnc4OC)nc3)c12. The van der Waals surface area contributed by atoms with Gasteiger partial charge in [-0.1, -0.05) is 18.1 Å². The molecule has 4 aromatic rings. The minimum Gasteiger partial charge on any atom is -0.481 e. The normalized spacial score (nSPS) is 10.6. The van der Waals surface area contributed by atoms with E-state index in [1.54, 1.807) is 19.5 Å². The first-order chi connectivity index (χ1) is 13.8. The number of methoxy groups -OCH3 is 1. The van der Waals surface area contributed by atoms with Gasteiger partial charge < -0.3 is 15.0 Å². The van der Waals surface area contributed by atoms with Gasteiger partial charge in [-0.2, -0.15) is 0 Å². The fourth-order valence-corrected chi connectivity index (χ4v) is 3.17. The molecule has 0 aliphatic heterocycles. The van der Waals surface area contributed by atoms with Crippen LogP contribution in [0, 0.1) is 12.3 Å². The van der Waals surface area contributed by atoms with Crippen LogP contribution in [0.5, 0.6) is 5.88 Å². The molecule has 28 heavy (non-hydrogen) atoms. The number of fused-ring (bicyclic) bond motifs is 1. The second kappa shape index (κ2) is 7.80. The lowest BCUT2D eigenvalue weighted by Crippen LogP contribution is -2.04. The van der Waals surface area contributed by atoms with Crippen molar-refractivity contribution in [1.29, 1.82) is 0 Å². The summed E-state index contributed by atoms with van der Waals surface area (Å²) in [4.78, 5) is 16.2. The predicted octanol–water partition coefficient (Wildman–Crippen LogP) is 3.55. The largest absolute Gasteiger partial charge is 0.481 e. The maximum Gasteiger partial charge on any atom is 0.218 e. The van der Waals surface area contributed by atoms with Crippen molar-refractivity contribution in [3.05, 3.63) is 77.4 Å². The van der Waals surface area contributed by atoms with Crippen LogP contribution in [0.1, 0.15) is 22.3 Å². The third-order valence-electron chi connectivity index (χ3n) is 4.53. The zero-order valence-electron chi connectivity index (χ0n) is 15.4. The van der Waals surface area contributed by atoms with E-state index < -0.39 is 0 Å². The third kappa shape index (κ3) is 3.51. The van der Waals surface area contributed by atoms with Gasteiger partial charge >= 0.3 is 0 Å². The third-order valence-corrected chi connectivity index (χ3v) is 4.53. The van der Waals surface area contributed by atoms with Crippen LogP contribution in [0.25, 0.3) is 11.0 Å². The lowest BCUT2D eigenvalue weighted by atomic mass is 10.0. The highest BCUT2D eigenvalue weighted by Crippen LogP contribution is 2.23. The first-order valence-corrected chi connectivity index (χ1v) is 8.86. The van der Waals surface area contributed by atoms with Gasteiger partial charge in [0.25, 0.3) is 0 Å². The Labute approximate surface area is 163 Å². The highest BCUT2D eigenvalue weighted by Gasteiger charge is 2.10. The van der Waals surface area contributed by atoms with E-state index in [4.69, 9.17) is 11.2 Å². The molecule has 0 unspecified atom stereocenters. The molecule has 4 heterocycles.